The summed E-state index contributed by atoms with van der Waals surface area (Å²) in [5.74, 6) is -0.916. The average molecular weight is 496 g/mol. The van der Waals surface area contributed by atoms with Crippen LogP contribution in [0.5, 0.6) is 0 Å². The highest BCUT2D eigenvalue weighted by Gasteiger charge is 2.35. The lowest BCUT2D eigenvalue weighted by atomic mass is 9.82. The van der Waals surface area contributed by atoms with Gasteiger partial charge in [-0.3, -0.25) is 0 Å². The molecule has 0 saturated carbocycles. The number of fused-ring (bicyclic) bond motifs is 3. The number of hydrogen-bond donors (Lipinski definition) is 1. The summed E-state index contributed by atoms with van der Waals surface area (Å²) in [6.45, 7) is 6.72. The Morgan fingerprint density at radius 3 is 1.79 bits per heavy atom. The highest BCUT2D eigenvalue weighted by Crippen LogP contribution is 2.50. The molecule has 0 fully saturated rings. The van der Waals surface area contributed by atoms with E-state index in [-0.39, 0.29) is 11.0 Å². The van der Waals surface area contributed by atoms with Gasteiger partial charge in [0.05, 0.1) is 5.56 Å². The summed E-state index contributed by atoms with van der Waals surface area (Å²) < 4.78 is 0. The topological polar surface area (TPSA) is 40.5 Å². The van der Waals surface area contributed by atoms with Gasteiger partial charge in [-0.1, -0.05) is 86.1 Å². The third-order valence-corrected chi connectivity index (χ3v) is 7.71. The van der Waals surface area contributed by atoms with Crippen LogP contribution in [0.3, 0.4) is 0 Å². The Kier molecular flexibility index (Phi) is 5.65. The number of carboxylic acid groups (broad SMARTS) is 1. The molecule has 6 rings (SSSR count). The molecule has 3 nitrogen and oxygen atoms in total. The van der Waals surface area contributed by atoms with Gasteiger partial charge in [0.1, 0.15) is 0 Å². The van der Waals surface area contributed by atoms with Crippen molar-refractivity contribution in [3.8, 4) is 22.3 Å². The van der Waals surface area contributed by atoms with Crippen LogP contribution in [-0.2, 0) is 5.41 Å². The maximum atomic E-state index is 11.2. The van der Waals surface area contributed by atoms with E-state index in [1.165, 1.54) is 27.8 Å². The lowest BCUT2D eigenvalue weighted by Crippen LogP contribution is -2.16. The molecule has 0 saturated heterocycles. The van der Waals surface area contributed by atoms with Crippen LogP contribution < -0.4 is 4.90 Å². The molecule has 0 radical (unpaired) electrons. The maximum absolute atomic E-state index is 11.2. The van der Waals surface area contributed by atoms with Crippen LogP contribution in [0.15, 0.2) is 115 Å². The first kappa shape index (κ1) is 23.7. The van der Waals surface area contributed by atoms with Gasteiger partial charge in [-0.15, -0.1) is 0 Å². The standard InChI is InChI=1S/C35H29NO2/c1-23-8-16-27(17-9-23)36(28-18-14-25(15-19-28)24-10-12-26(13-11-24)34(37)38)29-20-21-31-30-6-4-5-7-32(30)35(2,3)33(31)22-29/h4-22H,1-3H3,(H,37,38). The van der Waals surface area contributed by atoms with E-state index in [2.05, 4.69) is 117 Å². The quantitative estimate of drug-likeness (QED) is 0.264. The largest absolute Gasteiger partial charge is 0.478 e. The van der Waals surface area contributed by atoms with E-state index < -0.39 is 5.97 Å². The monoisotopic (exact) mass is 495 g/mol. The highest BCUT2D eigenvalue weighted by molar-refractivity contribution is 5.89. The van der Waals surface area contributed by atoms with Crippen LogP contribution in [0.4, 0.5) is 17.1 Å². The molecular weight excluding hydrogens is 466 g/mol. The molecule has 0 heterocycles. The van der Waals surface area contributed by atoms with Crippen molar-refractivity contribution in [3.63, 3.8) is 0 Å². The van der Waals surface area contributed by atoms with E-state index in [9.17, 15) is 9.90 Å². The third kappa shape index (κ3) is 3.97. The van der Waals surface area contributed by atoms with Crippen LogP contribution in [-0.4, -0.2) is 11.1 Å². The number of nitrogens with zero attached hydrogens (tertiary/aromatic N) is 1. The molecule has 3 heteroatoms. The fraction of sp³-hybridized carbons (Fsp3) is 0.114. The van der Waals surface area contributed by atoms with Crippen molar-refractivity contribution in [1.29, 1.82) is 0 Å². The Balaban J connectivity index is 1.43. The maximum Gasteiger partial charge on any atom is 0.335 e. The predicted molar refractivity (Wildman–Crippen MR) is 156 cm³/mol. The van der Waals surface area contributed by atoms with Crippen LogP contribution in [0, 0.1) is 6.92 Å². The number of aryl methyl sites for hydroxylation is 1. The number of aromatic carboxylic acids is 1. The van der Waals surface area contributed by atoms with Crippen LogP contribution in [0.25, 0.3) is 22.3 Å². The highest BCUT2D eigenvalue weighted by atomic mass is 16.4. The number of benzene rings is 5. The summed E-state index contributed by atoms with van der Waals surface area (Å²) in [6.07, 6.45) is 0. The summed E-state index contributed by atoms with van der Waals surface area (Å²) >= 11 is 0. The summed E-state index contributed by atoms with van der Waals surface area (Å²) in [5, 5.41) is 9.21. The van der Waals surface area contributed by atoms with E-state index >= 15 is 0 Å². The van der Waals surface area contributed by atoms with Crippen molar-refractivity contribution in [3.05, 3.63) is 138 Å². The molecule has 0 amide bonds. The minimum Gasteiger partial charge on any atom is -0.478 e. The van der Waals surface area contributed by atoms with Crippen LogP contribution in [0.2, 0.25) is 0 Å². The van der Waals surface area contributed by atoms with E-state index in [4.69, 9.17) is 0 Å². The van der Waals surface area contributed by atoms with Gasteiger partial charge in [0.25, 0.3) is 0 Å². The summed E-state index contributed by atoms with van der Waals surface area (Å²) in [4.78, 5) is 13.5. The fourth-order valence-electron chi connectivity index (χ4n) is 5.58. The minimum absolute atomic E-state index is 0.0765. The van der Waals surface area contributed by atoms with Crippen LogP contribution >= 0.6 is 0 Å². The van der Waals surface area contributed by atoms with E-state index in [0.29, 0.717) is 0 Å². The fourth-order valence-corrected chi connectivity index (χ4v) is 5.58. The number of rotatable bonds is 5. The molecular formula is C35H29NO2. The number of carbonyl (C=O) groups is 1. The van der Waals surface area contributed by atoms with Crippen molar-refractivity contribution < 1.29 is 9.90 Å². The summed E-state index contributed by atoms with van der Waals surface area (Å²) in [5.41, 5.74) is 12.1. The zero-order valence-electron chi connectivity index (χ0n) is 21.8. The Morgan fingerprint density at radius 1 is 0.632 bits per heavy atom. The van der Waals surface area contributed by atoms with Gasteiger partial charge >= 0.3 is 5.97 Å². The number of hydrogen-bond acceptors (Lipinski definition) is 2. The molecule has 0 bridgehead atoms. The van der Waals surface area contributed by atoms with Crippen molar-refractivity contribution in [1.82, 2.24) is 0 Å². The molecule has 1 N–H and O–H groups in total. The molecule has 38 heavy (non-hydrogen) atoms. The number of carboxylic acids is 1. The van der Waals surface area contributed by atoms with Gasteiger partial charge in [0.15, 0.2) is 0 Å². The first-order valence-corrected chi connectivity index (χ1v) is 12.9. The van der Waals surface area contributed by atoms with Gasteiger partial charge in [0, 0.05) is 22.5 Å². The predicted octanol–water partition coefficient (Wildman–Crippen LogP) is 9.14. The molecule has 5 aromatic rings. The molecule has 0 atom stereocenters. The molecule has 0 aliphatic heterocycles. The Hall–Kier alpha value is -4.63. The zero-order valence-corrected chi connectivity index (χ0v) is 21.8. The smallest absolute Gasteiger partial charge is 0.335 e. The van der Waals surface area contributed by atoms with Gasteiger partial charge in [-0.25, -0.2) is 4.79 Å². The normalized spacial score (nSPS) is 13.0. The molecule has 1 aliphatic rings. The van der Waals surface area contributed by atoms with Gasteiger partial charge in [-0.2, -0.15) is 0 Å². The second-order valence-electron chi connectivity index (χ2n) is 10.5. The number of anilines is 3. The molecule has 5 aromatic carbocycles. The van der Waals surface area contributed by atoms with Crippen LogP contribution in [0.1, 0.15) is 40.9 Å². The van der Waals surface area contributed by atoms with Crippen molar-refractivity contribution >= 4 is 23.0 Å². The minimum atomic E-state index is -0.916. The second-order valence-corrected chi connectivity index (χ2v) is 10.5. The Bertz CT molecular complexity index is 1650. The second kappa shape index (κ2) is 9.04. The van der Waals surface area contributed by atoms with Gasteiger partial charge in [0.2, 0.25) is 0 Å². The van der Waals surface area contributed by atoms with Gasteiger partial charge in [-0.05, 0) is 88.8 Å². The SMILES string of the molecule is Cc1ccc(N(c2ccc(-c3ccc(C(=O)O)cc3)cc2)c2ccc3c(c2)C(C)(C)c2ccccc2-3)cc1. The molecule has 0 aromatic heterocycles. The third-order valence-electron chi connectivity index (χ3n) is 7.71. The van der Waals surface area contributed by atoms with E-state index in [1.54, 1.807) is 12.1 Å². The van der Waals surface area contributed by atoms with Crippen molar-refractivity contribution in [2.75, 3.05) is 4.90 Å². The first-order valence-electron chi connectivity index (χ1n) is 12.9. The molecule has 0 spiro atoms. The zero-order chi connectivity index (χ0) is 26.4. The Morgan fingerprint density at radius 2 is 1.16 bits per heavy atom. The van der Waals surface area contributed by atoms with Crippen molar-refractivity contribution in [2.24, 2.45) is 0 Å². The van der Waals surface area contributed by atoms with Gasteiger partial charge < -0.3 is 10.0 Å². The lowest BCUT2D eigenvalue weighted by Gasteiger charge is -2.28. The van der Waals surface area contributed by atoms with E-state index in [0.717, 1.165) is 28.2 Å². The van der Waals surface area contributed by atoms with E-state index in [1.807, 2.05) is 12.1 Å². The molecule has 0 unspecified atom stereocenters. The Labute approximate surface area is 223 Å². The summed E-state index contributed by atoms with van der Waals surface area (Å²) in [6, 6.07) is 39.6. The molecule has 186 valence electrons. The lowest BCUT2D eigenvalue weighted by molar-refractivity contribution is 0.0697. The van der Waals surface area contributed by atoms with Crippen molar-refractivity contribution in [2.45, 2.75) is 26.2 Å². The summed E-state index contributed by atoms with van der Waals surface area (Å²) in [7, 11) is 0. The first-order chi connectivity index (χ1) is 18.3. The average Bonchev–Trinajstić information content (AvgIpc) is 3.17. The molecule has 1 aliphatic carbocycles.